The summed E-state index contributed by atoms with van der Waals surface area (Å²) in [6.45, 7) is 3.83. The lowest BCUT2D eigenvalue weighted by Gasteiger charge is -2.15. The summed E-state index contributed by atoms with van der Waals surface area (Å²) in [5.74, 6) is -0.411. The minimum atomic E-state index is -0.567. The SMILES string of the molecule is C=C1C=C(C(N)=O)OCN1. The highest BCUT2D eigenvalue weighted by Crippen LogP contribution is 2.04. The molecule has 4 nitrogen and oxygen atoms in total. The second-order valence-electron chi connectivity index (χ2n) is 1.86. The van der Waals surface area contributed by atoms with Gasteiger partial charge in [-0.1, -0.05) is 6.58 Å². The van der Waals surface area contributed by atoms with Gasteiger partial charge in [-0.2, -0.15) is 0 Å². The maximum absolute atomic E-state index is 10.5. The first-order chi connectivity index (χ1) is 4.70. The third-order valence-electron chi connectivity index (χ3n) is 1.08. The van der Waals surface area contributed by atoms with Crippen LogP contribution < -0.4 is 11.1 Å². The van der Waals surface area contributed by atoms with E-state index >= 15 is 0 Å². The predicted octanol–water partition coefficient (Wildman–Crippen LogP) is -0.553. The molecule has 0 bridgehead atoms. The molecule has 0 saturated carbocycles. The van der Waals surface area contributed by atoms with Crippen molar-refractivity contribution in [1.29, 1.82) is 0 Å². The predicted molar refractivity (Wildman–Crippen MR) is 35.5 cm³/mol. The molecule has 0 aliphatic carbocycles. The zero-order chi connectivity index (χ0) is 7.56. The van der Waals surface area contributed by atoms with Crippen molar-refractivity contribution in [3.05, 3.63) is 24.1 Å². The second kappa shape index (κ2) is 2.43. The number of primary amides is 1. The molecule has 0 radical (unpaired) electrons. The Morgan fingerprint density at radius 1 is 1.90 bits per heavy atom. The molecule has 1 aliphatic rings. The number of rotatable bonds is 1. The second-order valence-corrected chi connectivity index (χ2v) is 1.86. The van der Waals surface area contributed by atoms with Gasteiger partial charge in [0.05, 0.1) is 0 Å². The Kier molecular flexibility index (Phi) is 1.62. The number of amides is 1. The molecule has 1 amide bonds. The monoisotopic (exact) mass is 140 g/mol. The van der Waals surface area contributed by atoms with Crippen LogP contribution in [-0.4, -0.2) is 12.6 Å². The topological polar surface area (TPSA) is 64.4 Å². The molecule has 0 saturated heterocycles. The Morgan fingerprint density at radius 3 is 3.00 bits per heavy atom. The molecule has 1 aliphatic heterocycles. The number of allylic oxidation sites excluding steroid dienone is 1. The van der Waals surface area contributed by atoms with Crippen LogP contribution in [0.2, 0.25) is 0 Å². The fourth-order valence-electron chi connectivity index (χ4n) is 0.600. The van der Waals surface area contributed by atoms with E-state index in [1.807, 2.05) is 0 Å². The molecule has 4 heteroatoms. The third-order valence-corrected chi connectivity index (χ3v) is 1.08. The van der Waals surface area contributed by atoms with E-state index in [0.29, 0.717) is 5.70 Å². The average Bonchev–Trinajstić information content (AvgIpc) is 1.88. The molecular weight excluding hydrogens is 132 g/mol. The van der Waals surface area contributed by atoms with E-state index in [-0.39, 0.29) is 12.5 Å². The summed E-state index contributed by atoms with van der Waals surface area (Å²) >= 11 is 0. The summed E-state index contributed by atoms with van der Waals surface area (Å²) in [7, 11) is 0. The molecule has 0 aromatic carbocycles. The number of carbonyl (C=O) groups excluding carboxylic acids is 1. The van der Waals surface area contributed by atoms with Crippen molar-refractivity contribution in [3.63, 3.8) is 0 Å². The standard InChI is InChI=1S/C6H8N2O2/c1-4-2-5(6(7)9)10-3-8-4/h2,8H,1,3H2,(H2,7,9). The molecule has 0 spiro atoms. The molecule has 0 aromatic heterocycles. The molecule has 0 fully saturated rings. The maximum atomic E-state index is 10.5. The van der Waals surface area contributed by atoms with E-state index in [1.54, 1.807) is 0 Å². The van der Waals surface area contributed by atoms with Gasteiger partial charge < -0.3 is 15.8 Å². The zero-order valence-electron chi connectivity index (χ0n) is 5.39. The van der Waals surface area contributed by atoms with Gasteiger partial charge in [-0.3, -0.25) is 4.79 Å². The number of hydrogen-bond acceptors (Lipinski definition) is 3. The summed E-state index contributed by atoms with van der Waals surface area (Å²) < 4.78 is 4.82. The van der Waals surface area contributed by atoms with Gasteiger partial charge in [0.1, 0.15) is 0 Å². The van der Waals surface area contributed by atoms with Crippen LogP contribution in [0, 0.1) is 0 Å². The average molecular weight is 140 g/mol. The van der Waals surface area contributed by atoms with Crippen molar-refractivity contribution in [2.45, 2.75) is 0 Å². The lowest BCUT2D eigenvalue weighted by molar-refractivity contribution is -0.118. The highest BCUT2D eigenvalue weighted by Gasteiger charge is 2.10. The Morgan fingerprint density at radius 2 is 2.60 bits per heavy atom. The number of hydrogen-bond donors (Lipinski definition) is 2. The molecule has 54 valence electrons. The number of nitrogens with two attached hydrogens (primary N) is 1. The normalized spacial score (nSPS) is 16.8. The molecule has 10 heavy (non-hydrogen) atoms. The van der Waals surface area contributed by atoms with Gasteiger partial charge in [-0.05, 0) is 0 Å². The molecular formula is C6H8N2O2. The van der Waals surface area contributed by atoms with Crippen LogP contribution in [-0.2, 0) is 9.53 Å². The van der Waals surface area contributed by atoms with Crippen molar-refractivity contribution >= 4 is 5.91 Å². The highest BCUT2D eigenvalue weighted by molar-refractivity contribution is 5.90. The Labute approximate surface area is 58.3 Å². The molecule has 0 aromatic rings. The first-order valence-electron chi connectivity index (χ1n) is 2.77. The quantitative estimate of drug-likeness (QED) is 0.513. The highest BCUT2D eigenvalue weighted by atomic mass is 16.5. The van der Waals surface area contributed by atoms with Crippen LogP contribution in [0.15, 0.2) is 24.1 Å². The number of carbonyl (C=O) groups is 1. The molecule has 3 N–H and O–H groups in total. The van der Waals surface area contributed by atoms with E-state index in [1.165, 1.54) is 6.08 Å². The van der Waals surface area contributed by atoms with Gasteiger partial charge in [0, 0.05) is 11.8 Å². The van der Waals surface area contributed by atoms with Crippen LogP contribution in [0.5, 0.6) is 0 Å². The minimum absolute atomic E-state index is 0.156. The van der Waals surface area contributed by atoms with Gasteiger partial charge in [0.15, 0.2) is 12.5 Å². The van der Waals surface area contributed by atoms with Gasteiger partial charge in [0.2, 0.25) is 0 Å². The third kappa shape index (κ3) is 1.28. The van der Waals surface area contributed by atoms with E-state index in [0.717, 1.165) is 0 Å². The fourth-order valence-corrected chi connectivity index (χ4v) is 0.600. The minimum Gasteiger partial charge on any atom is -0.467 e. The largest absolute Gasteiger partial charge is 0.467 e. The zero-order valence-corrected chi connectivity index (χ0v) is 5.39. The summed E-state index contributed by atoms with van der Waals surface area (Å²) in [4.78, 5) is 10.5. The summed E-state index contributed by atoms with van der Waals surface area (Å²) in [6.07, 6.45) is 1.46. The van der Waals surface area contributed by atoms with Gasteiger partial charge in [0.25, 0.3) is 5.91 Å². The lowest BCUT2D eigenvalue weighted by Crippen LogP contribution is -2.26. The molecule has 1 rings (SSSR count). The molecule has 0 unspecified atom stereocenters. The van der Waals surface area contributed by atoms with Crippen molar-refractivity contribution in [2.24, 2.45) is 5.73 Å². The molecule has 0 atom stereocenters. The van der Waals surface area contributed by atoms with Gasteiger partial charge in [-0.25, -0.2) is 0 Å². The van der Waals surface area contributed by atoms with Crippen LogP contribution >= 0.6 is 0 Å². The van der Waals surface area contributed by atoms with Crippen LogP contribution in [0.1, 0.15) is 0 Å². The van der Waals surface area contributed by atoms with Gasteiger partial charge >= 0.3 is 0 Å². The molecule has 1 heterocycles. The van der Waals surface area contributed by atoms with Crippen LogP contribution in [0.3, 0.4) is 0 Å². The van der Waals surface area contributed by atoms with E-state index < -0.39 is 5.91 Å². The maximum Gasteiger partial charge on any atom is 0.283 e. The fraction of sp³-hybridized carbons (Fsp3) is 0.167. The summed E-state index contributed by atoms with van der Waals surface area (Å²) in [6, 6.07) is 0. The van der Waals surface area contributed by atoms with E-state index in [2.05, 4.69) is 11.9 Å². The van der Waals surface area contributed by atoms with Crippen LogP contribution in [0.25, 0.3) is 0 Å². The smallest absolute Gasteiger partial charge is 0.283 e. The number of ether oxygens (including phenoxy) is 1. The van der Waals surface area contributed by atoms with E-state index in [4.69, 9.17) is 10.5 Å². The van der Waals surface area contributed by atoms with E-state index in [9.17, 15) is 4.79 Å². The van der Waals surface area contributed by atoms with Crippen LogP contribution in [0.4, 0.5) is 0 Å². The van der Waals surface area contributed by atoms with Crippen molar-refractivity contribution in [1.82, 2.24) is 5.32 Å². The summed E-state index contributed by atoms with van der Waals surface area (Å²) in [5.41, 5.74) is 5.57. The number of nitrogens with one attached hydrogen (secondary N) is 1. The summed E-state index contributed by atoms with van der Waals surface area (Å²) in [5, 5.41) is 2.77. The van der Waals surface area contributed by atoms with Crippen molar-refractivity contribution < 1.29 is 9.53 Å². The Hall–Kier alpha value is -1.45. The Bertz CT molecular complexity index is 208. The van der Waals surface area contributed by atoms with Gasteiger partial charge in [-0.15, -0.1) is 0 Å². The first kappa shape index (κ1) is 6.67. The van der Waals surface area contributed by atoms with Crippen molar-refractivity contribution in [3.8, 4) is 0 Å². The first-order valence-corrected chi connectivity index (χ1v) is 2.77. The van der Waals surface area contributed by atoms with Crippen molar-refractivity contribution in [2.75, 3.05) is 6.73 Å². The lowest BCUT2D eigenvalue weighted by atomic mass is 10.3. The Balaban J connectivity index is 2.75.